The van der Waals surface area contributed by atoms with Crippen molar-refractivity contribution in [2.45, 2.75) is 6.10 Å². The van der Waals surface area contributed by atoms with Crippen LogP contribution in [0.3, 0.4) is 0 Å². The highest BCUT2D eigenvalue weighted by molar-refractivity contribution is 7.99. The van der Waals surface area contributed by atoms with Crippen molar-refractivity contribution >= 4 is 23.1 Å². The third-order valence-electron chi connectivity index (χ3n) is 2.47. The molecule has 92 valence electrons. The molecule has 0 aliphatic carbocycles. The van der Waals surface area contributed by atoms with Gasteiger partial charge >= 0.3 is 0 Å². The maximum atomic E-state index is 8.78. The standard InChI is InChI=1S/C11H9N3O2S2/c12-5-7-1-2-9(18-7)11-13-10(14-16-11)8-6-17-4-3-15-8/h1-2,8H,3-4,6H2. The number of aromatic nitrogens is 2. The normalized spacial score (nSPS) is 19.6. The summed E-state index contributed by atoms with van der Waals surface area (Å²) in [7, 11) is 0. The lowest BCUT2D eigenvalue weighted by Gasteiger charge is -2.18. The summed E-state index contributed by atoms with van der Waals surface area (Å²) >= 11 is 3.17. The molecule has 1 unspecified atom stereocenters. The Morgan fingerprint density at radius 2 is 2.39 bits per heavy atom. The second-order valence-electron chi connectivity index (χ2n) is 3.67. The average Bonchev–Trinajstić information content (AvgIpc) is 3.08. The van der Waals surface area contributed by atoms with E-state index in [1.54, 1.807) is 6.07 Å². The topological polar surface area (TPSA) is 71.9 Å². The predicted octanol–water partition coefficient (Wildman–Crippen LogP) is 2.47. The molecule has 5 nitrogen and oxygen atoms in total. The summed E-state index contributed by atoms with van der Waals surface area (Å²) in [5, 5.41) is 12.7. The zero-order valence-electron chi connectivity index (χ0n) is 9.33. The Balaban J connectivity index is 1.82. The van der Waals surface area contributed by atoms with Crippen LogP contribution in [0.2, 0.25) is 0 Å². The highest BCUT2D eigenvalue weighted by atomic mass is 32.2. The monoisotopic (exact) mass is 279 g/mol. The van der Waals surface area contributed by atoms with Gasteiger partial charge in [-0.1, -0.05) is 5.16 Å². The lowest BCUT2D eigenvalue weighted by molar-refractivity contribution is 0.0677. The highest BCUT2D eigenvalue weighted by Crippen LogP contribution is 2.29. The third-order valence-corrected chi connectivity index (χ3v) is 4.44. The van der Waals surface area contributed by atoms with Crippen molar-refractivity contribution in [1.82, 2.24) is 10.1 Å². The van der Waals surface area contributed by atoms with Gasteiger partial charge in [0.05, 0.1) is 11.5 Å². The number of hydrogen-bond donors (Lipinski definition) is 0. The van der Waals surface area contributed by atoms with Gasteiger partial charge in [0.25, 0.3) is 5.89 Å². The van der Waals surface area contributed by atoms with Crippen LogP contribution in [0.1, 0.15) is 16.8 Å². The molecule has 0 spiro atoms. The molecule has 0 bridgehead atoms. The Kier molecular flexibility index (Phi) is 3.32. The SMILES string of the molecule is N#Cc1ccc(-c2nc(C3CSCCO3)no2)s1. The molecule has 1 saturated heterocycles. The van der Waals surface area contributed by atoms with Crippen molar-refractivity contribution in [2.75, 3.05) is 18.1 Å². The molecule has 0 amide bonds. The molecule has 1 aliphatic heterocycles. The minimum atomic E-state index is -0.0864. The number of hydrogen-bond acceptors (Lipinski definition) is 7. The van der Waals surface area contributed by atoms with Crippen molar-refractivity contribution in [3.63, 3.8) is 0 Å². The third kappa shape index (κ3) is 2.27. The zero-order valence-corrected chi connectivity index (χ0v) is 11.0. The molecular formula is C11H9N3O2S2. The quantitative estimate of drug-likeness (QED) is 0.841. The summed E-state index contributed by atoms with van der Waals surface area (Å²) in [6, 6.07) is 5.65. The molecule has 18 heavy (non-hydrogen) atoms. The Morgan fingerprint density at radius 1 is 1.44 bits per heavy atom. The average molecular weight is 279 g/mol. The minimum Gasteiger partial charge on any atom is -0.368 e. The van der Waals surface area contributed by atoms with Crippen molar-refractivity contribution in [1.29, 1.82) is 5.26 Å². The summed E-state index contributed by atoms with van der Waals surface area (Å²) in [6.45, 7) is 0.719. The lowest BCUT2D eigenvalue weighted by atomic mass is 10.4. The molecule has 1 fully saturated rings. The van der Waals surface area contributed by atoms with Crippen LogP contribution in [-0.4, -0.2) is 28.3 Å². The Hall–Kier alpha value is -1.36. The van der Waals surface area contributed by atoms with Gasteiger partial charge < -0.3 is 9.26 Å². The van der Waals surface area contributed by atoms with Crippen LogP contribution in [0.5, 0.6) is 0 Å². The maximum Gasteiger partial charge on any atom is 0.268 e. The highest BCUT2D eigenvalue weighted by Gasteiger charge is 2.22. The molecule has 1 aliphatic rings. The van der Waals surface area contributed by atoms with Gasteiger partial charge in [0, 0.05) is 11.5 Å². The van der Waals surface area contributed by atoms with Gasteiger partial charge in [-0.2, -0.15) is 22.0 Å². The van der Waals surface area contributed by atoms with Crippen molar-refractivity contribution < 1.29 is 9.26 Å². The van der Waals surface area contributed by atoms with Gasteiger partial charge in [-0.3, -0.25) is 0 Å². The van der Waals surface area contributed by atoms with Gasteiger partial charge in [0.1, 0.15) is 17.1 Å². The van der Waals surface area contributed by atoms with E-state index >= 15 is 0 Å². The smallest absolute Gasteiger partial charge is 0.268 e. The van der Waals surface area contributed by atoms with Crippen LogP contribution in [-0.2, 0) is 4.74 Å². The van der Waals surface area contributed by atoms with Gasteiger partial charge in [-0.15, -0.1) is 11.3 Å². The number of nitriles is 1. The summed E-state index contributed by atoms with van der Waals surface area (Å²) in [5.41, 5.74) is 0. The largest absolute Gasteiger partial charge is 0.368 e. The fourth-order valence-corrected chi connectivity index (χ4v) is 3.18. The van der Waals surface area contributed by atoms with E-state index in [-0.39, 0.29) is 6.10 Å². The van der Waals surface area contributed by atoms with Crippen LogP contribution in [0, 0.1) is 11.3 Å². The fraction of sp³-hybridized carbons (Fsp3) is 0.364. The van der Waals surface area contributed by atoms with Crippen LogP contribution in [0.15, 0.2) is 16.7 Å². The lowest BCUT2D eigenvalue weighted by Crippen LogP contribution is -2.16. The first-order valence-corrected chi connectivity index (χ1v) is 7.37. The van der Waals surface area contributed by atoms with Gasteiger partial charge in [-0.25, -0.2) is 0 Å². The molecule has 3 rings (SSSR count). The number of thiophene rings is 1. The summed E-state index contributed by atoms with van der Waals surface area (Å²) in [4.78, 5) is 5.78. The van der Waals surface area contributed by atoms with Crippen molar-refractivity contribution in [3.05, 3.63) is 22.8 Å². The molecule has 3 heterocycles. The van der Waals surface area contributed by atoms with E-state index in [2.05, 4.69) is 16.2 Å². The van der Waals surface area contributed by atoms with Crippen molar-refractivity contribution in [3.8, 4) is 16.8 Å². The van der Waals surface area contributed by atoms with Gasteiger partial charge in [0.2, 0.25) is 5.82 Å². The summed E-state index contributed by atoms with van der Waals surface area (Å²) in [6.07, 6.45) is -0.0864. The maximum absolute atomic E-state index is 8.78. The molecule has 2 aromatic rings. The Labute approximate surface area is 112 Å². The van der Waals surface area contributed by atoms with Crippen LogP contribution < -0.4 is 0 Å². The first-order valence-electron chi connectivity index (χ1n) is 5.40. The van der Waals surface area contributed by atoms with Gasteiger partial charge in [-0.05, 0) is 12.1 Å². The minimum absolute atomic E-state index is 0.0864. The second kappa shape index (κ2) is 5.10. The molecule has 7 heteroatoms. The summed E-state index contributed by atoms with van der Waals surface area (Å²) in [5.74, 6) is 2.91. The second-order valence-corrected chi connectivity index (χ2v) is 5.90. The molecule has 1 atom stereocenters. The molecule has 0 saturated carbocycles. The molecule has 0 radical (unpaired) electrons. The van der Waals surface area contributed by atoms with Crippen LogP contribution in [0.25, 0.3) is 10.8 Å². The van der Waals surface area contributed by atoms with E-state index in [0.717, 1.165) is 23.0 Å². The summed E-state index contributed by atoms with van der Waals surface area (Å²) < 4.78 is 10.8. The first kappa shape index (κ1) is 11.7. The van der Waals surface area contributed by atoms with E-state index in [1.807, 2.05) is 17.8 Å². The zero-order chi connectivity index (χ0) is 12.4. The number of ether oxygens (including phenoxy) is 1. The number of thioether (sulfide) groups is 1. The predicted molar refractivity (Wildman–Crippen MR) is 68.3 cm³/mol. The molecular weight excluding hydrogens is 270 g/mol. The first-order chi connectivity index (χ1) is 8.86. The van der Waals surface area contributed by atoms with E-state index in [0.29, 0.717) is 16.6 Å². The molecule has 0 N–H and O–H groups in total. The Bertz CT molecular complexity index is 581. The number of nitrogens with zero attached hydrogens (tertiary/aromatic N) is 3. The molecule has 0 aromatic carbocycles. The van der Waals surface area contributed by atoms with E-state index in [1.165, 1.54) is 11.3 Å². The van der Waals surface area contributed by atoms with Gasteiger partial charge in [0.15, 0.2) is 0 Å². The van der Waals surface area contributed by atoms with Crippen LogP contribution in [0.4, 0.5) is 0 Å². The van der Waals surface area contributed by atoms with Crippen LogP contribution >= 0.6 is 23.1 Å². The van der Waals surface area contributed by atoms with E-state index in [4.69, 9.17) is 14.5 Å². The number of rotatable bonds is 2. The molecule has 2 aromatic heterocycles. The Morgan fingerprint density at radius 3 is 3.11 bits per heavy atom. The van der Waals surface area contributed by atoms with Crippen molar-refractivity contribution in [2.24, 2.45) is 0 Å². The van der Waals surface area contributed by atoms with E-state index < -0.39 is 0 Å². The van der Waals surface area contributed by atoms with E-state index in [9.17, 15) is 0 Å². The fourth-order valence-electron chi connectivity index (χ4n) is 1.62.